The van der Waals surface area contributed by atoms with E-state index in [1.54, 1.807) is 24.3 Å². The van der Waals surface area contributed by atoms with Crippen LogP contribution >= 0.6 is 11.6 Å². The SMILES string of the molecule is COc1cc(/C=N\OCC(=O)NCCc2ccc(F)cc2)cc(Cl)c1OC. The van der Waals surface area contributed by atoms with Gasteiger partial charge in [-0.2, -0.15) is 0 Å². The molecule has 0 unspecified atom stereocenters. The molecule has 1 N–H and O–H groups in total. The van der Waals surface area contributed by atoms with Gasteiger partial charge < -0.3 is 19.6 Å². The van der Waals surface area contributed by atoms with Gasteiger partial charge in [-0.3, -0.25) is 4.79 Å². The minimum atomic E-state index is -0.306. The number of carbonyl (C=O) groups is 1. The van der Waals surface area contributed by atoms with Crippen molar-refractivity contribution in [1.82, 2.24) is 5.32 Å². The average Bonchev–Trinajstić information content (AvgIpc) is 2.66. The maximum atomic E-state index is 12.8. The topological polar surface area (TPSA) is 69.2 Å². The quantitative estimate of drug-likeness (QED) is 0.524. The molecule has 27 heavy (non-hydrogen) atoms. The van der Waals surface area contributed by atoms with Crippen molar-refractivity contribution < 1.29 is 23.5 Å². The Morgan fingerprint density at radius 2 is 1.96 bits per heavy atom. The monoisotopic (exact) mass is 394 g/mol. The second kappa shape index (κ2) is 10.4. The standard InChI is InChI=1S/C19H20ClFN2O4/c1-25-17-10-14(9-16(20)19(17)26-2)11-23-27-12-18(24)22-8-7-13-3-5-15(21)6-4-13/h3-6,9-11H,7-8,12H2,1-2H3,(H,22,24)/b23-11-. The fourth-order valence-electron chi connectivity index (χ4n) is 2.25. The van der Waals surface area contributed by atoms with Crippen LogP contribution in [-0.4, -0.2) is 39.5 Å². The Morgan fingerprint density at radius 3 is 2.63 bits per heavy atom. The number of carbonyl (C=O) groups excluding carboxylic acids is 1. The molecule has 0 aromatic heterocycles. The van der Waals surface area contributed by atoms with E-state index in [1.807, 2.05) is 0 Å². The summed E-state index contributed by atoms with van der Waals surface area (Å²) in [5.74, 6) is 0.298. The molecule has 0 bridgehead atoms. The fraction of sp³-hybridized carbons (Fsp3) is 0.263. The second-order valence-corrected chi connectivity index (χ2v) is 5.88. The van der Waals surface area contributed by atoms with Crippen LogP contribution in [0.1, 0.15) is 11.1 Å². The predicted molar refractivity (Wildman–Crippen MR) is 101 cm³/mol. The Bertz CT molecular complexity index is 797. The molecule has 0 spiro atoms. The molecule has 0 atom stereocenters. The predicted octanol–water partition coefficient (Wildman–Crippen LogP) is 3.21. The number of nitrogens with one attached hydrogen (secondary N) is 1. The maximum absolute atomic E-state index is 12.8. The van der Waals surface area contributed by atoms with E-state index in [0.717, 1.165) is 5.56 Å². The van der Waals surface area contributed by atoms with Crippen molar-refractivity contribution in [1.29, 1.82) is 0 Å². The van der Waals surface area contributed by atoms with Crippen molar-refractivity contribution in [3.05, 3.63) is 58.4 Å². The molecule has 144 valence electrons. The Hall–Kier alpha value is -2.80. The van der Waals surface area contributed by atoms with E-state index >= 15 is 0 Å². The van der Waals surface area contributed by atoms with Crippen LogP contribution in [0, 0.1) is 5.82 Å². The number of nitrogens with zero attached hydrogens (tertiary/aromatic N) is 1. The largest absolute Gasteiger partial charge is 0.493 e. The lowest BCUT2D eigenvalue weighted by Crippen LogP contribution is -2.28. The highest BCUT2D eigenvalue weighted by Gasteiger charge is 2.10. The third-order valence-corrected chi connectivity index (χ3v) is 3.86. The molecule has 0 saturated heterocycles. The van der Waals surface area contributed by atoms with Gasteiger partial charge in [-0.25, -0.2) is 4.39 Å². The first-order valence-corrected chi connectivity index (χ1v) is 8.49. The van der Waals surface area contributed by atoms with Gasteiger partial charge >= 0.3 is 0 Å². The van der Waals surface area contributed by atoms with E-state index < -0.39 is 0 Å². The van der Waals surface area contributed by atoms with Crippen molar-refractivity contribution in [3.63, 3.8) is 0 Å². The summed E-state index contributed by atoms with van der Waals surface area (Å²) in [6.45, 7) is 0.198. The molecular weight excluding hydrogens is 375 g/mol. The van der Waals surface area contributed by atoms with Crippen LogP contribution < -0.4 is 14.8 Å². The summed E-state index contributed by atoms with van der Waals surface area (Å²) in [4.78, 5) is 16.7. The Labute approximate surface area is 161 Å². The zero-order valence-corrected chi connectivity index (χ0v) is 15.8. The molecule has 2 rings (SSSR count). The smallest absolute Gasteiger partial charge is 0.260 e. The van der Waals surface area contributed by atoms with Crippen molar-refractivity contribution >= 4 is 23.7 Å². The van der Waals surface area contributed by atoms with E-state index in [2.05, 4.69) is 10.5 Å². The lowest BCUT2D eigenvalue weighted by atomic mass is 10.1. The Balaban J connectivity index is 1.75. The van der Waals surface area contributed by atoms with Gasteiger partial charge in [-0.05, 0) is 36.2 Å². The summed E-state index contributed by atoms with van der Waals surface area (Å²) in [7, 11) is 3.00. The number of ether oxygens (including phenoxy) is 2. The van der Waals surface area contributed by atoms with E-state index in [0.29, 0.717) is 35.1 Å². The summed E-state index contributed by atoms with van der Waals surface area (Å²) in [6.07, 6.45) is 2.01. The molecule has 0 saturated carbocycles. The number of methoxy groups -OCH3 is 2. The summed E-state index contributed by atoms with van der Waals surface area (Å²) in [5, 5.41) is 6.82. The second-order valence-electron chi connectivity index (χ2n) is 5.47. The van der Waals surface area contributed by atoms with E-state index in [-0.39, 0.29) is 18.3 Å². The van der Waals surface area contributed by atoms with Crippen LogP contribution in [0.5, 0.6) is 11.5 Å². The van der Waals surface area contributed by atoms with Gasteiger partial charge in [0.25, 0.3) is 5.91 Å². The normalized spacial score (nSPS) is 10.7. The number of halogens is 2. The summed E-state index contributed by atoms with van der Waals surface area (Å²) < 4.78 is 23.2. The molecular formula is C19H20ClFN2O4. The maximum Gasteiger partial charge on any atom is 0.260 e. The first kappa shape index (κ1) is 20.5. The van der Waals surface area contributed by atoms with Gasteiger partial charge in [0.05, 0.1) is 25.5 Å². The van der Waals surface area contributed by atoms with Crippen LogP contribution in [-0.2, 0) is 16.1 Å². The molecule has 6 nitrogen and oxygen atoms in total. The van der Waals surface area contributed by atoms with Gasteiger partial charge in [0.15, 0.2) is 18.1 Å². The number of benzene rings is 2. The van der Waals surface area contributed by atoms with Gasteiger partial charge in [0, 0.05) is 12.1 Å². The Kier molecular flexibility index (Phi) is 7.88. The molecule has 2 aromatic rings. The zero-order chi connectivity index (χ0) is 19.6. The molecule has 0 aliphatic heterocycles. The third-order valence-electron chi connectivity index (χ3n) is 3.58. The van der Waals surface area contributed by atoms with Crippen LogP contribution in [0.15, 0.2) is 41.6 Å². The summed E-state index contributed by atoms with van der Waals surface area (Å²) >= 11 is 6.10. The minimum Gasteiger partial charge on any atom is -0.493 e. The number of amides is 1. The molecule has 8 heteroatoms. The number of rotatable bonds is 9. The third kappa shape index (κ3) is 6.45. The minimum absolute atomic E-state index is 0.221. The summed E-state index contributed by atoms with van der Waals surface area (Å²) in [6, 6.07) is 9.44. The van der Waals surface area contributed by atoms with Crippen molar-refractivity contribution in [2.24, 2.45) is 5.16 Å². The van der Waals surface area contributed by atoms with E-state index in [9.17, 15) is 9.18 Å². The number of hydrogen-bond donors (Lipinski definition) is 1. The number of oxime groups is 1. The first-order chi connectivity index (χ1) is 13.0. The van der Waals surface area contributed by atoms with E-state index in [1.165, 1.54) is 32.6 Å². The highest BCUT2D eigenvalue weighted by molar-refractivity contribution is 6.32. The van der Waals surface area contributed by atoms with Crippen LogP contribution in [0.3, 0.4) is 0 Å². The highest BCUT2D eigenvalue weighted by atomic mass is 35.5. The van der Waals surface area contributed by atoms with Gasteiger partial charge in [-0.1, -0.05) is 28.9 Å². The van der Waals surface area contributed by atoms with Gasteiger partial charge in [0.1, 0.15) is 5.82 Å². The van der Waals surface area contributed by atoms with Crippen molar-refractivity contribution in [3.8, 4) is 11.5 Å². The first-order valence-electron chi connectivity index (χ1n) is 8.11. The fourth-order valence-corrected chi connectivity index (χ4v) is 2.55. The van der Waals surface area contributed by atoms with Gasteiger partial charge in [0.2, 0.25) is 0 Å². The Morgan fingerprint density at radius 1 is 1.22 bits per heavy atom. The lowest BCUT2D eigenvalue weighted by molar-refractivity contribution is -0.125. The summed E-state index contributed by atoms with van der Waals surface area (Å²) in [5.41, 5.74) is 1.57. The van der Waals surface area contributed by atoms with Crippen LogP contribution in [0.2, 0.25) is 5.02 Å². The molecule has 0 radical (unpaired) electrons. The molecule has 2 aromatic carbocycles. The van der Waals surface area contributed by atoms with Gasteiger partial charge in [-0.15, -0.1) is 0 Å². The van der Waals surface area contributed by atoms with Crippen molar-refractivity contribution in [2.45, 2.75) is 6.42 Å². The van der Waals surface area contributed by atoms with Crippen LogP contribution in [0.4, 0.5) is 4.39 Å². The molecule has 0 aliphatic rings. The molecule has 1 amide bonds. The van der Waals surface area contributed by atoms with E-state index in [4.69, 9.17) is 25.9 Å². The average molecular weight is 395 g/mol. The molecule has 0 fully saturated rings. The van der Waals surface area contributed by atoms with Crippen molar-refractivity contribution in [2.75, 3.05) is 27.4 Å². The highest BCUT2D eigenvalue weighted by Crippen LogP contribution is 2.35. The lowest BCUT2D eigenvalue weighted by Gasteiger charge is -2.09. The number of hydrogen-bond acceptors (Lipinski definition) is 5. The zero-order valence-electron chi connectivity index (χ0n) is 15.0. The molecule has 0 aliphatic carbocycles. The molecule has 0 heterocycles. The van der Waals surface area contributed by atoms with Crippen LogP contribution in [0.25, 0.3) is 0 Å².